The van der Waals surface area contributed by atoms with Crippen molar-refractivity contribution >= 4 is 18.5 Å². The van der Waals surface area contributed by atoms with Gasteiger partial charge in [-0.25, -0.2) is 0 Å². The Labute approximate surface area is 86.0 Å². The Morgan fingerprint density at radius 1 is 1.21 bits per heavy atom. The zero-order chi connectivity index (χ0) is 10.6. The summed E-state index contributed by atoms with van der Waals surface area (Å²) in [6.07, 6.45) is 0. The molecule has 0 unspecified atom stereocenters. The summed E-state index contributed by atoms with van der Waals surface area (Å²) in [5.74, 6) is -0.0521. The van der Waals surface area contributed by atoms with E-state index >= 15 is 0 Å². The van der Waals surface area contributed by atoms with E-state index in [0.29, 0.717) is 0 Å². The number of hydrogen-bond acceptors (Lipinski definition) is 1. The van der Waals surface area contributed by atoms with Gasteiger partial charge in [-0.3, -0.25) is 4.79 Å². The Bertz CT molecular complexity index is 303. The normalized spacial score (nSPS) is 10.8. The fraction of sp³-hybridized carbons (Fsp3) is 0.364. The Morgan fingerprint density at radius 3 is 2.29 bits per heavy atom. The van der Waals surface area contributed by atoms with E-state index in [1.807, 2.05) is 51.1 Å². The van der Waals surface area contributed by atoms with Crippen molar-refractivity contribution in [2.75, 3.05) is 0 Å². The molecule has 0 saturated carbocycles. The van der Waals surface area contributed by atoms with Crippen molar-refractivity contribution in [3.05, 3.63) is 30.3 Å². The number of carbonyl (C=O) groups is 1. The van der Waals surface area contributed by atoms with Gasteiger partial charge in [0.25, 0.3) is 7.28 Å². The van der Waals surface area contributed by atoms with Crippen molar-refractivity contribution in [1.29, 1.82) is 0 Å². The Kier molecular flexibility index (Phi) is 3.34. The topological polar surface area (TPSA) is 29.1 Å². The molecule has 0 aliphatic heterocycles. The summed E-state index contributed by atoms with van der Waals surface area (Å²) in [6.45, 7) is 5.89. The van der Waals surface area contributed by atoms with Crippen molar-refractivity contribution in [3.8, 4) is 0 Å². The molecular formula is C11H15BNO. The molecular weight excluding hydrogens is 173 g/mol. The fourth-order valence-corrected chi connectivity index (χ4v) is 1.11. The number of carbonyl (C=O) groups excluding carboxylic acids is 1. The highest BCUT2D eigenvalue weighted by molar-refractivity contribution is 6.83. The van der Waals surface area contributed by atoms with Crippen LogP contribution in [0.5, 0.6) is 0 Å². The highest BCUT2D eigenvalue weighted by atomic mass is 16.1. The molecule has 2 nitrogen and oxygen atoms in total. The summed E-state index contributed by atoms with van der Waals surface area (Å²) in [7, 11) is 1.60. The van der Waals surface area contributed by atoms with Crippen LogP contribution < -0.4 is 10.8 Å². The molecule has 73 valence electrons. The van der Waals surface area contributed by atoms with E-state index in [4.69, 9.17) is 0 Å². The van der Waals surface area contributed by atoms with E-state index in [9.17, 15) is 4.79 Å². The zero-order valence-corrected chi connectivity index (χ0v) is 8.87. The standard InChI is InChI=1S/C11H15BNO/c1-11(2,3)13-10(14)12-9-7-5-4-6-8-9/h4-8H,1-3H3,(H,13,14). The van der Waals surface area contributed by atoms with E-state index < -0.39 is 0 Å². The first-order valence-electron chi connectivity index (χ1n) is 4.69. The van der Waals surface area contributed by atoms with Crippen LogP contribution in [0, 0.1) is 0 Å². The lowest BCUT2D eigenvalue weighted by Gasteiger charge is -2.20. The summed E-state index contributed by atoms with van der Waals surface area (Å²) < 4.78 is 0. The van der Waals surface area contributed by atoms with Crippen molar-refractivity contribution in [3.63, 3.8) is 0 Å². The fourth-order valence-electron chi connectivity index (χ4n) is 1.11. The Morgan fingerprint density at radius 2 is 1.79 bits per heavy atom. The first-order chi connectivity index (χ1) is 6.47. The van der Waals surface area contributed by atoms with Gasteiger partial charge < -0.3 is 5.32 Å². The maximum absolute atomic E-state index is 11.5. The molecule has 0 aliphatic rings. The van der Waals surface area contributed by atoms with E-state index in [2.05, 4.69) is 5.32 Å². The quantitative estimate of drug-likeness (QED) is 0.700. The molecule has 14 heavy (non-hydrogen) atoms. The van der Waals surface area contributed by atoms with Crippen LogP contribution in [0.25, 0.3) is 0 Å². The first kappa shape index (κ1) is 10.8. The number of hydrogen-bond donors (Lipinski definition) is 1. The van der Waals surface area contributed by atoms with Crippen molar-refractivity contribution in [2.24, 2.45) is 0 Å². The lowest BCUT2D eigenvalue weighted by molar-refractivity contribution is 0.251. The summed E-state index contributed by atoms with van der Waals surface area (Å²) in [5, 5.41) is 2.87. The molecule has 0 heterocycles. The van der Waals surface area contributed by atoms with Gasteiger partial charge in [0, 0.05) is 5.54 Å². The second-order valence-electron chi connectivity index (χ2n) is 4.29. The smallest absolute Gasteiger partial charge is 0.271 e. The molecule has 0 saturated heterocycles. The molecule has 1 aromatic carbocycles. The summed E-state index contributed by atoms with van der Waals surface area (Å²) in [6, 6.07) is 9.57. The van der Waals surface area contributed by atoms with E-state index in [1.54, 1.807) is 7.28 Å². The highest BCUT2D eigenvalue weighted by Crippen LogP contribution is 1.97. The molecule has 1 amide bonds. The Balaban J connectivity index is 2.50. The van der Waals surface area contributed by atoms with Gasteiger partial charge in [0.05, 0.1) is 0 Å². The number of amides is 1. The minimum atomic E-state index is -0.178. The molecule has 1 N–H and O–H groups in total. The van der Waals surface area contributed by atoms with Gasteiger partial charge in [0.1, 0.15) is 0 Å². The van der Waals surface area contributed by atoms with Crippen molar-refractivity contribution in [1.82, 2.24) is 5.32 Å². The zero-order valence-electron chi connectivity index (χ0n) is 8.87. The van der Waals surface area contributed by atoms with Gasteiger partial charge >= 0.3 is 0 Å². The summed E-state index contributed by atoms with van der Waals surface area (Å²) >= 11 is 0. The van der Waals surface area contributed by atoms with E-state index in [0.717, 1.165) is 5.46 Å². The third-order valence-corrected chi connectivity index (χ3v) is 1.60. The average molecular weight is 188 g/mol. The van der Waals surface area contributed by atoms with Crippen LogP contribution in [0.3, 0.4) is 0 Å². The predicted molar refractivity (Wildman–Crippen MR) is 60.1 cm³/mol. The van der Waals surface area contributed by atoms with Crippen LogP contribution in [-0.4, -0.2) is 18.6 Å². The van der Waals surface area contributed by atoms with Crippen LogP contribution in [0.1, 0.15) is 20.8 Å². The molecule has 0 spiro atoms. The van der Waals surface area contributed by atoms with Gasteiger partial charge in [-0.2, -0.15) is 0 Å². The maximum Gasteiger partial charge on any atom is 0.271 e. The SMILES string of the molecule is CC(C)(C)NC(=O)[B]c1ccccc1. The molecule has 0 aromatic heterocycles. The van der Waals surface area contributed by atoms with Crippen LogP contribution in [0.15, 0.2) is 30.3 Å². The maximum atomic E-state index is 11.5. The molecule has 0 atom stereocenters. The van der Waals surface area contributed by atoms with Gasteiger partial charge in [-0.1, -0.05) is 35.8 Å². The van der Waals surface area contributed by atoms with Crippen LogP contribution in [0.2, 0.25) is 0 Å². The van der Waals surface area contributed by atoms with Gasteiger partial charge in [-0.05, 0) is 20.8 Å². The predicted octanol–water partition coefficient (Wildman–Crippen LogP) is 1.52. The molecule has 0 bridgehead atoms. The molecule has 0 aliphatic carbocycles. The summed E-state index contributed by atoms with van der Waals surface area (Å²) in [4.78, 5) is 11.5. The van der Waals surface area contributed by atoms with E-state index in [-0.39, 0.29) is 11.3 Å². The first-order valence-corrected chi connectivity index (χ1v) is 4.69. The third-order valence-electron chi connectivity index (χ3n) is 1.60. The average Bonchev–Trinajstić information content (AvgIpc) is 2.02. The molecule has 1 rings (SSSR count). The number of benzene rings is 1. The molecule has 1 radical (unpaired) electrons. The largest absolute Gasteiger partial charge is 0.360 e. The third kappa shape index (κ3) is 4.12. The van der Waals surface area contributed by atoms with Crippen LogP contribution in [-0.2, 0) is 0 Å². The van der Waals surface area contributed by atoms with Crippen molar-refractivity contribution in [2.45, 2.75) is 26.3 Å². The Hall–Kier alpha value is -1.25. The van der Waals surface area contributed by atoms with Crippen molar-refractivity contribution < 1.29 is 4.79 Å². The van der Waals surface area contributed by atoms with Gasteiger partial charge in [-0.15, -0.1) is 0 Å². The second kappa shape index (κ2) is 4.31. The van der Waals surface area contributed by atoms with Crippen LogP contribution in [0.4, 0.5) is 4.79 Å². The molecule has 0 fully saturated rings. The minimum absolute atomic E-state index is 0.0521. The lowest BCUT2D eigenvalue weighted by Crippen LogP contribution is -2.44. The van der Waals surface area contributed by atoms with Gasteiger partial charge in [0.15, 0.2) is 5.81 Å². The van der Waals surface area contributed by atoms with Gasteiger partial charge in [0.2, 0.25) is 0 Å². The monoisotopic (exact) mass is 188 g/mol. The molecule has 1 aromatic rings. The minimum Gasteiger partial charge on any atom is -0.360 e. The number of rotatable bonds is 2. The van der Waals surface area contributed by atoms with Crippen LogP contribution >= 0.6 is 0 Å². The lowest BCUT2D eigenvalue weighted by atomic mass is 9.69. The highest BCUT2D eigenvalue weighted by Gasteiger charge is 2.14. The molecule has 3 heteroatoms. The second-order valence-corrected chi connectivity index (χ2v) is 4.29. The summed E-state index contributed by atoms with van der Waals surface area (Å²) in [5.41, 5.74) is 0.747. The van der Waals surface area contributed by atoms with E-state index in [1.165, 1.54) is 0 Å². The number of nitrogens with one attached hydrogen (secondary N) is 1.